The Morgan fingerprint density at radius 1 is 0.700 bits per heavy atom. The number of halogens is 2. The van der Waals surface area contributed by atoms with Crippen molar-refractivity contribution in [2.45, 2.75) is 23.6 Å². The first-order chi connectivity index (χ1) is 14.0. The summed E-state index contributed by atoms with van der Waals surface area (Å²) in [5.41, 5.74) is 1.52. The van der Waals surface area contributed by atoms with Crippen LogP contribution in [0.2, 0.25) is 0 Å². The zero-order valence-electron chi connectivity index (χ0n) is 16.0. The lowest BCUT2D eigenvalue weighted by Gasteiger charge is -2.14. The molecule has 0 unspecified atom stereocenters. The van der Waals surface area contributed by atoms with E-state index in [9.17, 15) is 25.6 Å². The van der Waals surface area contributed by atoms with Gasteiger partial charge in [-0.2, -0.15) is 0 Å². The largest absolute Gasteiger partial charge is 0.280 e. The van der Waals surface area contributed by atoms with Gasteiger partial charge in [-0.25, -0.2) is 25.6 Å². The number of benzene rings is 3. The van der Waals surface area contributed by atoms with Gasteiger partial charge in [-0.15, -0.1) is 0 Å². The highest BCUT2D eigenvalue weighted by molar-refractivity contribution is 7.93. The number of hydrogen-bond acceptors (Lipinski definition) is 4. The van der Waals surface area contributed by atoms with Crippen molar-refractivity contribution in [2.75, 3.05) is 9.44 Å². The lowest BCUT2D eigenvalue weighted by Crippen LogP contribution is -2.17. The third-order valence-electron chi connectivity index (χ3n) is 4.15. The Balaban J connectivity index is 1.95. The standard InChI is InChI=1S/C20H18F2N2O4S2/c1-13-4-3-5-17(8-13)24-30(27,28)20-12-18(7-6-14(20)2)23-29(25,26)19-10-15(21)9-16(22)11-19/h3-12,23-24H,1-2H3. The Kier molecular flexibility index (Phi) is 5.82. The minimum absolute atomic E-state index is 0.0742. The van der Waals surface area contributed by atoms with E-state index in [1.54, 1.807) is 25.1 Å². The van der Waals surface area contributed by atoms with Crippen LogP contribution in [0.25, 0.3) is 0 Å². The zero-order valence-corrected chi connectivity index (χ0v) is 17.6. The summed E-state index contributed by atoms with van der Waals surface area (Å²) in [6, 6.07) is 12.5. The molecule has 0 fully saturated rings. The molecule has 0 spiro atoms. The molecule has 0 saturated carbocycles. The summed E-state index contributed by atoms with van der Waals surface area (Å²) < 4.78 is 82.0. The highest BCUT2D eigenvalue weighted by Crippen LogP contribution is 2.25. The second kappa shape index (κ2) is 8.04. The van der Waals surface area contributed by atoms with Crippen LogP contribution >= 0.6 is 0 Å². The Morgan fingerprint density at radius 3 is 1.93 bits per heavy atom. The van der Waals surface area contributed by atoms with Crippen LogP contribution in [0.15, 0.2) is 70.5 Å². The summed E-state index contributed by atoms with van der Waals surface area (Å²) in [7, 11) is -8.36. The number of sulfonamides is 2. The number of anilines is 2. The van der Waals surface area contributed by atoms with Crippen molar-refractivity contribution >= 4 is 31.4 Å². The van der Waals surface area contributed by atoms with Crippen molar-refractivity contribution < 1.29 is 25.6 Å². The number of hydrogen-bond donors (Lipinski definition) is 2. The molecule has 0 saturated heterocycles. The maximum atomic E-state index is 13.4. The van der Waals surface area contributed by atoms with E-state index in [0.717, 1.165) is 11.6 Å². The summed E-state index contributed by atoms with van der Waals surface area (Å²) in [5, 5.41) is 0. The molecule has 2 N–H and O–H groups in total. The lowest BCUT2D eigenvalue weighted by atomic mass is 10.2. The van der Waals surface area contributed by atoms with Gasteiger partial charge in [-0.3, -0.25) is 9.44 Å². The predicted octanol–water partition coefficient (Wildman–Crippen LogP) is 4.18. The molecule has 30 heavy (non-hydrogen) atoms. The topological polar surface area (TPSA) is 92.3 Å². The van der Waals surface area contributed by atoms with Crippen LogP contribution in [0, 0.1) is 25.5 Å². The Morgan fingerprint density at radius 2 is 1.30 bits per heavy atom. The average Bonchev–Trinajstić information content (AvgIpc) is 2.62. The molecule has 0 bridgehead atoms. The van der Waals surface area contributed by atoms with E-state index in [-0.39, 0.29) is 10.6 Å². The van der Waals surface area contributed by atoms with Crippen LogP contribution in [0.5, 0.6) is 0 Å². The molecule has 0 aliphatic carbocycles. The first kappa shape index (κ1) is 21.7. The Labute approximate surface area is 173 Å². The maximum absolute atomic E-state index is 13.4. The molecule has 0 aliphatic heterocycles. The van der Waals surface area contributed by atoms with Crippen LogP contribution in [-0.2, 0) is 20.0 Å². The molecule has 0 heterocycles. The van der Waals surface area contributed by atoms with E-state index in [0.29, 0.717) is 29.4 Å². The fraction of sp³-hybridized carbons (Fsp3) is 0.100. The SMILES string of the molecule is Cc1cccc(NS(=O)(=O)c2cc(NS(=O)(=O)c3cc(F)cc(F)c3)ccc2C)c1. The molecule has 158 valence electrons. The molecule has 3 rings (SSSR count). The van der Waals surface area contributed by atoms with E-state index >= 15 is 0 Å². The first-order valence-corrected chi connectivity index (χ1v) is 11.6. The number of nitrogens with one attached hydrogen (secondary N) is 2. The molecular weight excluding hydrogens is 434 g/mol. The van der Waals surface area contributed by atoms with Crippen LogP contribution in [0.1, 0.15) is 11.1 Å². The van der Waals surface area contributed by atoms with E-state index in [4.69, 9.17) is 0 Å². The normalized spacial score (nSPS) is 11.9. The van der Waals surface area contributed by atoms with Gasteiger partial charge in [0.25, 0.3) is 20.0 Å². The Bertz CT molecular complexity index is 1300. The molecule has 0 aromatic heterocycles. The van der Waals surface area contributed by atoms with Crippen molar-refractivity contribution in [3.8, 4) is 0 Å². The van der Waals surface area contributed by atoms with Crippen LogP contribution in [-0.4, -0.2) is 16.8 Å². The van der Waals surface area contributed by atoms with Crippen LogP contribution < -0.4 is 9.44 Å². The highest BCUT2D eigenvalue weighted by atomic mass is 32.2. The third kappa shape index (κ3) is 4.95. The van der Waals surface area contributed by atoms with Gasteiger partial charge in [0.2, 0.25) is 0 Å². The molecule has 0 atom stereocenters. The minimum atomic E-state index is -4.34. The van der Waals surface area contributed by atoms with Gasteiger partial charge in [-0.05, 0) is 61.4 Å². The third-order valence-corrected chi connectivity index (χ3v) is 7.03. The van der Waals surface area contributed by atoms with Gasteiger partial charge in [0.15, 0.2) is 0 Å². The summed E-state index contributed by atoms with van der Waals surface area (Å²) in [5.74, 6) is -2.10. The van der Waals surface area contributed by atoms with E-state index in [1.807, 2.05) is 13.0 Å². The smallest absolute Gasteiger partial charge is 0.262 e. The Hall–Kier alpha value is -2.98. The van der Waals surface area contributed by atoms with Crippen LogP contribution in [0.4, 0.5) is 20.2 Å². The van der Waals surface area contributed by atoms with Gasteiger partial charge in [-0.1, -0.05) is 18.2 Å². The van der Waals surface area contributed by atoms with E-state index in [1.165, 1.54) is 12.1 Å². The molecular formula is C20H18F2N2O4S2. The molecule has 0 amide bonds. The first-order valence-electron chi connectivity index (χ1n) is 8.65. The predicted molar refractivity (Wildman–Crippen MR) is 110 cm³/mol. The second-order valence-corrected chi connectivity index (χ2v) is 10.00. The molecule has 0 aliphatic rings. The quantitative estimate of drug-likeness (QED) is 0.587. The van der Waals surface area contributed by atoms with Crippen molar-refractivity contribution in [3.63, 3.8) is 0 Å². The van der Waals surface area contributed by atoms with E-state index < -0.39 is 36.6 Å². The van der Waals surface area contributed by atoms with Crippen LogP contribution in [0.3, 0.4) is 0 Å². The molecule has 0 radical (unpaired) electrons. The van der Waals surface area contributed by atoms with Crippen molar-refractivity contribution in [1.29, 1.82) is 0 Å². The fourth-order valence-corrected chi connectivity index (χ4v) is 5.18. The number of rotatable bonds is 6. The molecule has 6 nitrogen and oxygen atoms in total. The van der Waals surface area contributed by atoms with Gasteiger partial charge in [0.05, 0.1) is 15.5 Å². The van der Waals surface area contributed by atoms with Gasteiger partial charge >= 0.3 is 0 Å². The summed E-state index contributed by atoms with van der Waals surface area (Å²) >= 11 is 0. The van der Waals surface area contributed by atoms with Gasteiger partial charge in [0, 0.05) is 11.8 Å². The monoisotopic (exact) mass is 452 g/mol. The lowest BCUT2D eigenvalue weighted by molar-refractivity contribution is 0.568. The average molecular weight is 453 g/mol. The molecule has 10 heteroatoms. The maximum Gasteiger partial charge on any atom is 0.262 e. The molecule has 3 aromatic rings. The van der Waals surface area contributed by atoms with Gasteiger partial charge in [0.1, 0.15) is 11.6 Å². The zero-order chi connectivity index (χ0) is 22.1. The van der Waals surface area contributed by atoms with Crippen molar-refractivity contribution in [1.82, 2.24) is 0 Å². The van der Waals surface area contributed by atoms with E-state index in [2.05, 4.69) is 9.44 Å². The van der Waals surface area contributed by atoms with Gasteiger partial charge < -0.3 is 0 Å². The summed E-state index contributed by atoms with van der Waals surface area (Å²) in [4.78, 5) is -0.766. The second-order valence-electron chi connectivity index (χ2n) is 6.67. The summed E-state index contributed by atoms with van der Waals surface area (Å²) in [6.07, 6.45) is 0. The highest BCUT2D eigenvalue weighted by Gasteiger charge is 2.21. The van der Waals surface area contributed by atoms with Crippen molar-refractivity contribution in [3.05, 3.63) is 83.4 Å². The molecule has 3 aromatic carbocycles. The number of aryl methyl sites for hydroxylation is 2. The fourth-order valence-electron chi connectivity index (χ4n) is 2.77. The minimum Gasteiger partial charge on any atom is -0.280 e. The van der Waals surface area contributed by atoms with Crippen molar-refractivity contribution in [2.24, 2.45) is 0 Å². The summed E-state index contributed by atoms with van der Waals surface area (Å²) in [6.45, 7) is 3.37.